The summed E-state index contributed by atoms with van der Waals surface area (Å²) in [5.74, 6) is 0.0613. The molecule has 0 aliphatic heterocycles. The second-order valence-electron chi connectivity index (χ2n) is 3.85. The molecule has 1 amide bonds. The average Bonchev–Trinajstić information content (AvgIpc) is 2.14. The van der Waals surface area contributed by atoms with Gasteiger partial charge in [-0.1, -0.05) is 20.3 Å². The minimum atomic E-state index is -0.382. The Morgan fingerprint density at radius 1 is 1.36 bits per heavy atom. The van der Waals surface area contributed by atoms with Crippen LogP contribution in [0.4, 0.5) is 0 Å². The number of hydrogen-bond donors (Lipinski definition) is 2. The zero-order valence-electron chi connectivity index (χ0n) is 9.55. The Morgan fingerprint density at radius 2 is 2.00 bits per heavy atom. The molecule has 0 saturated carbocycles. The lowest BCUT2D eigenvalue weighted by Crippen LogP contribution is -2.34. The van der Waals surface area contributed by atoms with Crippen molar-refractivity contribution in [2.24, 2.45) is 0 Å². The SMILES string of the molecule is CCCC(CC)NC(=O)CCC(C)O. The van der Waals surface area contributed by atoms with E-state index < -0.39 is 0 Å². The van der Waals surface area contributed by atoms with Gasteiger partial charge in [-0.25, -0.2) is 0 Å². The van der Waals surface area contributed by atoms with Crippen LogP contribution < -0.4 is 5.32 Å². The fourth-order valence-corrected chi connectivity index (χ4v) is 1.37. The van der Waals surface area contributed by atoms with Crippen LogP contribution in [0.2, 0.25) is 0 Å². The second-order valence-corrected chi connectivity index (χ2v) is 3.85. The predicted molar refractivity (Wildman–Crippen MR) is 58.0 cm³/mol. The summed E-state index contributed by atoms with van der Waals surface area (Å²) in [6.07, 6.45) is 3.71. The van der Waals surface area contributed by atoms with Gasteiger partial charge >= 0.3 is 0 Å². The van der Waals surface area contributed by atoms with Crippen LogP contribution in [0.1, 0.15) is 52.9 Å². The molecule has 2 atom stereocenters. The molecule has 0 saturated heterocycles. The standard InChI is InChI=1S/C11H23NO2/c1-4-6-10(5-2)12-11(14)8-7-9(3)13/h9-10,13H,4-8H2,1-3H3,(H,12,14). The van der Waals surface area contributed by atoms with Crippen molar-refractivity contribution < 1.29 is 9.90 Å². The molecule has 14 heavy (non-hydrogen) atoms. The summed E-state index contributed by atoms with van der Waals surface area (Å²) in [7, 11) is 0. The highest BCUT2D eigenvalue weighted by Crippen LogP contribution is 2.02. The summed E-state index contributed by atoms with van der Waals surface area (Å²) in [5, 5.41) is 12.0. The number of amides is 1. The Kier molecular flexibility index (Phi) is 7.48. The van der Waals surface area contributed by atoms with Crippen molar-refractivity contribution >= 4 is 5.91 Å². The molecule has 0 aliphatic carbocycles. The van der Waals surface area contributed by atoms with Crippen LogP contribution in [0.25, 0.3) is 0 Å². The smallest absolute Gasteiger partial charge is 0.220 e. The first-order valence-electron chi connectivity index (χ1n) is 5.57. The molecular formula is C11H23NO2. The highest BCUT2D eigenvalue weighted by molar-refractivity contribution is 5.76. The molecule has 0 radical (unpaired) electrons. The first kappa shape index (κ1) is 13.4. The predicted octanol–water partition coefficient (Wildman–Crippen LogP) is 1.84. The van der Waals surface area contributed by atoms with Crippen molar-refractivity contribution in [2.75, 3.05) is 0 Å². The average molecular weight is 201 g/mol. The van der Waals surface area contributed by atoms with Gasteiger partial charge in [0.05, 0.1) is 6.10 Å². The number of carbonyl (C=O) groups is 1. The molecule has 84 valence electrons. The zero-order valence-corrected chi connectivity index (χ0v) is 9.55. The highest BCUT2D eigenvalue weighted by atomic mass is 16.3. The Morgan fingerprint density at radius 3 is 2.43 bits per heavy atom. The lowest BCUT2D eigenvalue weighted by Gasteiger charge is -2.16. The van der Waals surface area contributed by atoms with Crippen LogP contribution in [-0.2, 0) is 4.79 Å². The van der Waals surface area contributed by atoms with E-state index in [1.165, 1.54) is 0 Å². The Hall–Kier alpha value is -0.570. The van der Waals surface area contributed by atoms with Crippen molar-refractivity contribution in [1.82, 2.24) is 5.32 Å². The van der Waals surface area contributed by atoms with Crippen molar-refractivity contribution in [3.8, 4) is 0 Å². The van der Waals surface area contributed by atoms with E-state index in [0.717, 1.165) is 19.3 Å². The van der Waals surface area contributed by atoms with Gasteiger partial charge in [0.25, 0.3) is 0 Å². The van der Waals surface area contributed by atoms with E-state index >= 15 is 0 Å². The maximum Gasteiger partial charge on any atom is 0.220 e. The molecule has 0 fully saturated rings. The van der Waals surface area contributed by atoms with Crippen molar-refractivity contribution in [3.05, 3.63) is 0 Å². The maximum atomic E-state index is 11.4. The lowest BCUT2D eigenvalue weighted by atomic mass is 10.1. The van der Waals surface area contributed by atoms with Gasteiger partial charge in [0.15, 0.2) is 0 Å². The quantitative estimate of drug-likeness (QED) is 0.660. The fraction of sp³-hybridized carbons (Fsp3) is 0.909. The Balaban J connectivity index is 3.67. The lowest BCUT2D eigenvalue weighted by molar-refractivity contribution is -0.122. The molecule has 0 aromatic rings. The summed E-state index contributed by atoms with van der Waals surface area (Å²) < 4.78 is 0. The molecule has 0 aromatic carbocycles. The summed E-state index contributed by atoms with van der Waals surface area (Å²) in [5.41, 5.74) is 0. The summed E-state index contributed by atoms with van der Waals surface area (Å²) >= 11 is 0. The summed E-state index contributed by atoms with van der Waals surface area (Å²) in [6, 6.07) is 0.307. The van der Waals surface area contributed by atoms with Gasteiger partial charge in [-0.3, -0.25) is 4.79 Å². The number of rotatable bonds is 7. The normalized spacial score (nSPS) is 14.9. The van der Waals surface area contributed by atoms with Crippen molar-refractivity contribution in [3.63, 3.8) is 0 Å². The number of carbonyl (C=O) groups excluding carboxylic acids is 1. The van der Waals surface area contributed by atoms with Crippen LogP contribution in [0.3, 0.4) is 0 Å². The number of nitrogens with one attached hydrogen (secondary N) is 1. The first-order valence-corrected chi connectivity index (χ1v) is 5.57. The van der Waals surface area contributed by atoms with Gasteiger partial charge in [0, 0.05) is 12.5 Å². The van der Waals surface area contributed by atoms with Crippen molar-refractivity contribution in [1.29, 1.82) is 0 Å². The van der Waals surface area contributed by atoms with Gasteiger partial charge in [-0.15, -0.1) is 0 Å². The van der Waals surface area contributed by atoms with E-state index in [4.69, 9.17) is 5.11 Å². The molecule has 3 nitrogen and oxygen atoms in total. The molecule has 0 bridgehead atoms. The maximum absolute atomic E-state index is 11.4. The Labute approximate surface area is 86.9 Å². The van der Waals surface area contributed by atoms with Gasteiger partial charge in [0.2, 0.25) is 5.91 Å². The minimum Gasteiger partial charge on any atom is -0.393 e. The fourth-order valence-electron chi connectivity index (χ4n) is 1.37. The number of aliphatic hydroxyl groups is 1. The molecule has 0 spiro atoms. The highest BCUT2D eigenvalue weighted by Gasteiger charge is 2.09. The van der Waals surface area contributed by atoms with E-state index in [0.29, 0.717) is 18.9 Å². The largest absolute Gasteiger partial charge is 0.393 e. The van der Waals surface area contributed by atoms with E-state index in [2.05, 4.69) is 19.2 Å². The molecule has 0 rings (SSSR count). The minimum absolute atomic E-state index is 0.0613. The molecule has 3 heteroatoms. The number of hydrogen-bond acceptors (Lipinski definition) is 2. The summed E-state index contributed by atoms with van der Waals surface area (Å²) in [6.45, 7) is 5.90. The van der Waals surface area contributed by atoms with E-state index in [-0.39, 0.29) is 12.0 Å². The second kappa shape index (κ2) is 7.80. The van der Waals surface area contributed by atoms with Gasteiger partial charge in [-0.2, -0.15) is 0 Å². The first-order chi connectivity index (χ1) is 6.60. The number of aliphatic hydroxyl groups excluding tert-OH is 1. The third kappa shape index (κ3) is 6.89. The molecule has 0 aromatic heterocycles. The van der Waals surface area contributed by atoms with Crippen LogP contribution in [0.5, 0.6) is 0 Å². The van der Waals surface area contributed by atoms with Gasteiger partial charge in [-0.05, 0) is 26.2 Å². The third-order valence-electron chi connectivity index (χ3n) is 2.28. The third-order valence-corrected chi connectivity index (χ3v) is 2.28. The van der Waals surface area contributed by atoms with Crippen molar-refractivity contribution in [2.45, 2.75) is 65.0 Å². The topological polar surface area (TPSA) is 49.3 Å². The molecule has 0 heterocycles. The van der Waals surface area contributed by atoms with Gasteiger partial charge < -0.3 is 10.4 Å². The van der Waals surface area contributed by atoms with Crippen LogP contribution in [0, 0.1) is 0 Å². The summed E-state index contributed by atoms with van der Waals surface area (Å²) in [4.78, 5) is 11.4. The monoisotopic (exact) mass is 201 g/mol. The van der Waals surface area contributed by atoms with E-state index in [1.807, 2.05) is 0 Å². The van der Waals surface area contributed by atoms with Crippen LogP contribution in [0.15, 0.2) is 0 Å². The van der Waals surface area contributed by atoms with E-state index in [1.54, 1.807) is 6.92 Å². The Bertz CT molecular complexity index is 157. The molecular weight excluding hydrogens is 178 g/mol. The van der Waals surface area contributed by atoms with Crippen LogP contribution in [-0.4, -0.2) is 23.2 Å². The molecule has 2 unspecified atom stereocenters. The van der Waals surface area contributed by atoms with Gasteiger partial charge in [0.1, 0.15) is 0 Å². The van der Waals surface area contributed by atoms with Crippen LogP contribution >= 0.6 is 0 Å². The van der Waals surface area contributed by atoms with E-state index in [9.17, 15) is 4.79 Å². The zero-order chi connectivity index (χ0) is 11.0. The molecule has 0 aliphatic rings. The molecule has 2 N–H and O–H groups in total.